The molecular weight excluding hydrogens is 204 g/mol. The van der Waals surface area contributed by atoms with Crippen molar-refractivity contribution < 1.29 is 9.21 Å². The van der Waals surface area contributed by atoms with Gasteiger partial charge in [-0.25, -0.2) is 0 Å². The number of hydrogen-bond acceptors (Lipinski definition) is 3. The van der Waals surface area contributed by atoms with Crippen molar-refractivity contribution in [1.29, 1.82) is 0 Å². The summed E-state index contributed by atoms with van der Waals surface area (Å²) < 4.78 is 5.44. The molecule has 16 heavy (non-hydrogen) atoms. The van der Waals surface area contributed by atoms with E-state index in [9.17, 15) is 4.79 Å². The molecule has 2 heterocycles. The van der Waals surface area contributed by atoms with Gasteiger partial charge in [0.05, 0.1) is 12.3 Å². The Morgan fingerprint density at radius 1 is 1.62 bits per heavy atom. The van der Waals surface area contributed by atoms with Crippen LogP contribution in [0.5, 0.6) is 0 Å². The zero-order chi connectivity index (χ0) is 11.5. The first-order chi connectivity index (χ1) is 7.66. The molecule has 0 spiro atoms. The summed E-state index contributed by atoms with van der Waals surface area (Å²) in [5.41, 5.74) is 1.17. The van der Waals surface area contributed by atoms with Crippen molar-refractivity contribution >= 4 is 5.91 Å². The van der Waals surface area contributed by atoms with Crippen LogP contribution in [0.3, 0.4) is 0 Å². The third-order valence-corrected chi connectivity index (χ3v) is 3.05. The Hall–Kier alpha value is -1.29. The monoisotopic (exact) mass is 222 g/mol. The number of carbonyl (C=O) groups excluding carboxylic acids is 1. The Balaban J connectivity index is 1.90. The summed E-state index contributed by atoms with van der Waals surface area (Å²) in [6.45, 7) is 4.84. The van der Waals surface area contributed by atoms with Crippen molar-refractivity contribution in [1.82, 2.24) is 10.6 Å². The summed E-state index contributed by atoms with van der Waals surface area (Å²) in [7, 11) is 0. The van der Waals surface area contributed by atoms with Crippen molar-refractivity contribution in [2.45, 2.75) is 38.8 Å². The molecule has 0 aromatic carbocycles. The van der Waals surface area contributed by atoms with Crippen molar-refractivity contribution in [3.63, 3.8) is 0 Å². The lowest BCUT2D eigenvalue weighted by Crippen LogP contribution is -2.46. The number of carbonyl (C=O) groups is 1. The second-order valence-electron chi connectivity index (χ2n) is 4.40. The molecule has 0 aliphatic carbocycles. The highest BCUT2D eigenvalue weighted by molar-refractivity contribution is 5.76. The maximum absolute atomic E-state index is 11.0. The summed E-state index contributed by atoms with van der Waals surface area (Å²) >= 11 is 0. The number of furan rings is 1. The molecule has 1 aliphatic heterocycles. The van der Waals surface area contributed by atoms with Gasteiger partial charge < -0.3 is 15.1 Å². The second-order valence-corrected chi connectivity index (χ2v) is 4.40. The topological polar surface area (TPSA) is 54.3 Å². The minimum absolute atomic E-state index is 0.153. The van der Waals surface area contributed by atoms with Gasteiger partial charge in [0.25, 0.3) is 0 Å². The summed E-state index contributed by atoms with van der Waals surface area (Å²) in [6.07, 6.45) is 3.23. The van der Waals surface area contributed by atoms with Crippen LogP contribution in [0.4, 0.5) is 0 Å². The number of hydrogen-bond donors (Lipinski definition) is 2. The van der Waals surface area contributed by atoms with Gasteiger partial charge in [0.1, 0.15) is 5.76 Å². The van der Waals surface area contributed by atoms with Crippen LogP contribution in [0.1, 0.15) is 37.1 Å². The fourth-order valence-electron chi connectivity index (χ4n) is 2.13. The van der Waals surface area contributed by atoms with Crippen molar-refractivity contribution in [3.8, 4) is 0 Å². The molecular formula is C12H18N2O2. The van der Waals surface area contributed by atoms with Crippen LogP contribution in [-0.2, 0) is 4.79 Å². The van der Waals surface area contributed by atoms with E-state index in [-0.39, 0.29) is 11.9 Å². The summed E-state index contributed by atoms with van der Waals surface area (Å²) in [4.78, 5) is 11.0. The Kier molecular flexibility index (Phi) is 3.29. The van der Waals surface area contributed by atoms with Gasteiger partial charge in [-0.3, -0.25) is 4.79 Å². The second kappa shape index (κ2) is 4.70. The number of rotatable bonds is 3. The largest absolute Gasteiger partial charge is 0.467 e. The van der Waals surface area contributed by atoms with E-state index in [0.717, 1.165) is 12.2 Å². The number of piperidine rings is 1. The lowest BCUT2D eigenvalue weighted by molar-refractivity contribution is -0.122. The molecule has 2 rings (SSSR count). The van der Waals surface area contributed by atoms with E-state index in [1.807, 2.05) is 13.0 Å². The lowest BCUT2D eigenvalue weighted by atomic mass is 10.0. The quantitative estimate of drug-likeness (QED) is 0.815. The van der Waals surface area contributed by atoms with Crippen molar-refractivity contribution in [2.75, 3.05) is 6.54 Å². The predicted molar refractivity (Wildman–Crippen MR) is 61.0 cm³/mol. The van der Waals surface area contributed by atoms with Crippen molar-refractivity contribution in [2.24, 2.45) is 0 Å². The molecule has 1 saturated heterocycles. The van der Waals surface area contributed by atoms with Crippen LogP contribution in [0.15, 0.2) is 16.7 Å². The first-order valence-electron chi connectivity index (χ1n) is 5.73. The lowest BCUT2D eigenvalue weighted by Gasteiger charge is -2.26. The van der Waals surface area contributed by atoms with Crippen LogP contribution in [-0.4, -0.2) is 18.5 Å². The molecule has 1 aromatic heterocycles. The van der Waals surface area contributed by atoms with Gasteiger partial charge >= 0.3 is 0 Å². The van der Waals surface area contributed by atoms with E-state index < -0.39 is 0 Å². The third-order valence-electron chi connectivity index (χ3n) is 3.05. The first-order valence-corrected chi connectivity index (χ1v) is 5.73. The zero-order valence-electron chi connectivity index (χ0n) is 9.75. The highest BCUT2D eigenvalue weighted by Gasteiger charge is 2.21. The summed E-state index contributed by atoms with van der Waals surface area (Å²) in [5.74, 6) is 1.14. The first kappa shape index (κ1) is 11.2. The van der Waals surface area contributed by atoms with E-state index in [1.54, 1.807) is 6.26 Å². The molecule has 88 valence electrons. The van der Waals surface area contributed by atoms with Gasteiger partial charge in [0, 0.05) is 19.0 Å². The van der Waals surface area contributed by atoms with Crippen molar-refractivity contribution in [3.05, 3.63) is 23.7 Å². The molecule has 0 radical (unpaired) electrons. The van der Waals surface area contributed by atoms with Crippen LogP contribution >= 0.6 is 0 Å². The van der Waals surface area contributed by atoms with Crippen LogP contribution in [0.2, 0.25) is 0 Å². The molecule has 0 bridgehead atoms. The van der Waals surface area contributed by atoms with E-state index >= 15 is 0 Å². The Morgan fingerprint density at radius 3 is 3.00 bits per heavy atom. The summed E-state index contributed by atoms with van der Waals surface area (Å²) in [5, 5.41) is 6.34. The van der Waals surface area contributed by atoms with Gasteiger partial charge in [-0.15, -0.1) is 0 Å². The molecule has 1 aliphatic rings. The van der Waals surface area contributed by atoms with E-state index in [0.29, 0.717) is 19.0 Å². The van der Waals surface area contributed by atoms with Gasteiger partial charge in [-0.2, -0.15) is 0 Å². The van der Waals surface area contributed by atoms with E-state index in [1.165, 1.54) is 5.56 Å². The third kappa shape index (κ3) is 2.44. The van der Waals surface area contributed by atoms with Crippen LogP contribution in [0, 0.1) is 6.92 Å². The predicted octanol–water partition coefficient (Wildman–Crippen LogP) is 1.52. The molecule has 2 atom stereocenters. The minimum atomic E-state index is 0.153. The maximum Gasteiger partial charge on any atom is 0.220 e. The highest BCUT2D eigenvalue weighted by Crippen LogP contribution is 2.19. The van der Waals surface area contributed by atoms with Gasteiger partial charge in [-0.05, 0) is 31.9 Å². The zero-order valence-corrected chi connectivity index (χ0v) is 9.75. The molecule has 4 heteroatoms. The highest BCUT2D eigenvalue weighted by atomic mass is 16.3. The van der Waals surface area contributed by atoms with Gasteiger partial charge in [-0.1, -0.05) is 0 Å². The molecule has 0 saturated carbocycles. The van der Waals surface area contributed by atoms with Crippen LogP contribution < -0.4 is 10.6 Å². The van der Waals surface area contributed by atoms with E-state index in [2.05, 4.69) is 17.6 Å². The Labute approximate surface area is 95.4 Å². The molecule has 1 fully saturated rings. The fourth-order valence-corrected chi connectivity index (χ4v) is 2.13. The molecule has 1 amide bonds. The Bertz CT molecular complexity index is 363. The maximum atomic E-state index is 11.0. The normalized spacial score (nSPS) is 22.9. The number of aryl methyl sites for hydroxylation is 1. The smallest absolute Gasteiger partial charge is 0.220 e. The molecule has 2 N–H and O–H groups in total. The van der Waals surface area contributed by atoms with Gasteiger partial charge in [0.2, 0.25) is 5.91 Å². The standard InChI is InChI=1S/C12H18N2O2/c1-8-5-6-16-12(8)9(2)14-10-3-4-11(15)13-7-10/h5-6,9-10,14H,3-4,7H2,1-2H3,(H,13,15). The van der Waals surface area contributed by atoms with Gasteiger partial charge in [0.15, 0.2) is 0 Å². The number of amides is 1. The average molecular weight is 222 g/mol. The van der Waals surface area contributed by atoms with E-state index in [4.69, 9.17) is 4.42 Å². The fraction of sp³-hybridized carbons (Fsp3) is 0.583. The Morgan fingerprint density at radius 2 is 2.44 bits per heavy atom. The van der Waals surface area contributed by atoms with Crippen LogP contribution in [0.25, 0.3) is 0 Å². The molecule has 1 aromatic rings. The minimum Gasteiger partial charge on any atom is -0.467 e. The number of nitrogens with one attached hydrogen (secondary N) is 2. The SMILES string of the molecule is Cc1ccoc1C(C)NC1CCC(=O)NC1. The average Bonchev–Trinajstić information content (AvgIpc) is 2.68. The summed E-state index contributed by atoms with van der Waals surface area (Å²) in [6, 6.07) is 2.50. The molecule has 4 nitrogen and oxygen atoms in total. The molecule has 2 unspecified atom stereocenters.